The molecule has 1 heterocycles. The van der Waals surface area contributed by atoms with Crippen LogP contribution in [0.4, 0.5) is 0 Å². The summed E-state index contributed by atoms with van der Waals surface area (Å²) < 4.78 is 23.3. The van der Waals surface area contributed by atoms with Crippen molar-refractivity contribution in [1.82, 2.24) is 0 Å². The van der Waals surface area contributed by atoms with Gasteiger partial charge in [-0.3, -0.25) is 0 Å². The summed E-state index contributed by atoms with van der Waals surface area (Å²) in [6.07, 6.45) is 2.36. The molecule has 0 aromatic rings. The van der Waals surface area contributed by atoms with Crippen molar-refractivity contribution in [3.8, 4) is 0 Å². The van der Waals surface area contributed by atoms with Gasteiger partial charge in [0, 0.05) is 25.7 Å². The van der Waals surface area contributed by atoms with Crippen LogP contribution in [0.2, 0.25) is 12.1 Å². The molecule has 20 heavy (non-hydrogen) atoms. The smallest absolute Gasteiger partial charge is 0.337 e. The zero-order valence-electron chi connectivity index (χ0n) is 13.9. The summed E-state index contributed by atoms with van der Waals surface area (Å²) in [7, 11) is -0.233. The van der Waals surface area contributed by atoms with Crippen LogP contribution in [-0.4, -0.2) is 48.2 Å². The van der Waals surface area contributed by atoms with Crippen molar-refractivity contribution in [3.05, 3.63) is 0 Å². The third kappa shape index (κ3) is 4.04. The fraction of sp³-hybridized carbons (Fsp3) is 1.00. The van der Waals surface area contributed by atoms with Crippen LogP contribution in [0.1, 0.15) is 40.5 Å². The van der Waals surface area contributed by atoms with Gasteiger partial charge in [-0.05, 0) is 38.8 Å². The normalized spacial score (nSPS) is 19.6. The lowest BCUT2D eigenvalue weighted by atomic mass is 9.76. The topological polar surface area (TPSA) is 36.9 Å². The fourth-order valence-corrected chi connectivity index (χ4v) is 5.99. The van der Waals surface area contributed by atoms with Gasteiger partial charge in [0.05, 0.1) is 19.3 Å². The van der Waals surface area contributed by atoms with Gasteiger partial charge in [-0.1, -0.05) is 13.8 Å². The SMILES string of the molecule is CCO[Si](CC)(CCC(OC)C1(CC)COC1)OCC. The summed E-state index contributed by atoms with van der Waals surface area (Å²) in [5, 5.41) is 0. The van der Waals surface area contributed by atoms with E-state index < -0.39 is 8.56 Å². The third-order valence-corrected chi connectivity index (χ3v) is 8.35. The molecule has 1 rings (SSSR count). The molecule has 0 N–H and O–H groups in total. The molecule has 0 aromatic heterocycles. The molecule has 1 unspecified atom stereocenters. The largest absolute Gasteiger partial charge is 0.394 e. The predicted octanol–water partition coefficient (Wildman–Crippen LogP) is 3.35. The van der Waals surface area contributed by atoms with E-state index in [0.29, 0.717) is 0 Å². The number of ether oxygens (including phenoxy) is 2. The highest BCUT2D eigenvalue weighted by molar-refractivity contribution is 6.67. The molecular formula is C15H32O4Si. The first-order valence-corrected chi connectivity index (χ1v) is 10.2. The highest BCUT2D eigenvalue weighted by Gasteiger charge is 2.46. The maximum absolute atomic E-state index is 6.04. The summed E-state index contributed by atoms with van der Waals surface area (Å²) in [6, 6.07) is 2.01. The zero-order valence-corrected chi connectivity index (χ0v) is 14.9. The van der Waals surface area contributed by atoms with Crippen LogP contribution >= 0.6 is 0 Å². The molecule has 1 aliphatic rings. The van der Waals surface area contributed by atoms with Crippen molar-refractivity contribution in [2.75, 3.05) is 33.5 Å². The van der Waals surface area contributed by atoms with E-state index in [1.807, 2.05) is 7.11 Å². The molecule has 0 spiro atoms. The molecule has 120 valence electrons. The Morgan fingerprint density at radius 3 is 2.00 bits per heavy atom. The van der Waals surface area contributed by atoms with Crippen molar-refractivity contribution in [2.24, 2.45) is 5.41 Å². The molecule has 5 heteroatoms. The highest BCUT2D eigenvalue weighted by atomic mass is 28.4. The summed E-state index contributed by atoms with van der Waals surface area (Å²) >= 11 is 0. The Hall–Kier alpha value is 0.0569. The van der Waals surface area contributed by atoms with E-state index in [-0.39, 0.29) is 11.5 Å². The summed E-state index contributed by atoms with van der Waals surface area (Å²) in [5.74, 6) is 0. The molecule has 1 aliphatic heterocycles. The van der Waals surface area contributed by atoms with Crippen molar-refractivity contribution in [1.29, 1.82) is 0 Å². The lowest BCUT2D eigenvalue weighted by Crippen LogP contribution is -2.53. The Morgan fingerprint density at radius 1 is 1.10 bits per heavy atom. The van der Waals surface area contributed by atoms with Gasteiger partial charge in [0.15, 0.2) is 0 Å². The Labute approximate surface area is 125 Å². The van der Waals surface area contributed by atoms with Crippen LogP contribution in [0.15, 0.2) is 0 Å². The van der Waals surface area contributed by atoms with Gasteiger partial charge in [-0.2, -0.15) is 0 Å². The van der Waals surface area contributed by atoms with Gasteiger partial charge in [0.25, 0.3) is 0 Å². The van der Waals surface area contributed by atoms with Crippen LogP contribution in [0.3, 0.4) is 0 Å². The lowest BCUT2D eigenvalue weighted by molar-refractivity contribution is -0.182. The molecule has 0 amide bonds. The third-order valence-electron chi connectivity index (χ3n) is 4.59. The molecule has 4 nitrogen and oxygen atoms in total. The van der Waals surface area contributed by atoms with Gasteiger partial charge in [0.2, 0.25) is 0 Å². The van der Waals surface area contributed by atoms with Gasteiger partial charge in [0.1, 0.15) is 0 Å². The average Bonchev–Trinajstić information content (AvgIpc) is 2.41. The maximum atomic E-state index is 6.04. The van der Waals surface area contributed by atoms with E-state index in [1.165, 1.54) is 0 Å². The van der Waals surface area contributed by atoms with Crippen molar-refractivity contribution in [2.45, 2.75) is 58.7 Å². The molecule has 0 saturated carbocycles. The van der Waals surface area contributed by atoms with Gasteiger partial charge < -0.3 is 18.3 Å². The van der Waals surface area contributed by atoms with E-state index >= 15 is 0 Å². The lowest BCUT2D eigenvalue weighted by Gasteiger charge is -2.46. The zero-order chi connectivity index (χ0) is 15.1. The van der Waals surface area contributed by atoms with E-state index in [9.17, 15) is 0 Å². The van der Waals surface area contributed by atoms with Crippen LogP contribution in [0.5, 0.6) is 0 Å². The monoisotopic (exact) mass is 304 g/mol. The number of rotatable bonds is 11. The fourth-order valence-electron chi connectivity index (χ4n) is 3.10. The Balaban J connectivity index is 2.64. The average molecular weight is 305 g/mol. The maximum Gasteiger partial charge on any atom is 0.337 e. The summed E-state index contributed by atoms with van der Waals surface area (Å²) in [4.78, 5) is 0. The molecular weight excluding hydrogens is 272 g/mol. The van der Waals surface area contributed by atoms with Crippen LogP contribution in [0, 0.1) is 5.41 Å². The first-order valence-electron chi connectivity index (χ1n) is 8.00. The molecule has 0 radical (unpaired) electrons. The molecule has 1 fully saturated rings. The number of methoxy groups -OCH3 is 1. The van der Waals surface area contributed by atoms with Crippen molar-refractivity contribution >= 4 is 8.56 Å². The standard InChI is InChI=1S/C15H32O4Si/c1-6-15(12-17-13-15)14(16-5)10-11-20(9-4,18-7-2)19-8-3/h14H,6-13H2,1-5H3. The van der Waals surface area contributed by atoms with Crippen LogP contribution in [-0.2, 0) is 18.3 Å². The second-order valence-electron chi connectivity index (χ2n) is 5.60. The quantitative estimate of drug-likeness (QED) is 0.549. The Bertz CT molecular complexity index is 257. The minimum atomic E-state index is -2.05. The van der Waals surface area contributed by atoms with E-state index in [2.05, 4.69) is 27.7 Å². The van der Waals surface area contributed by atoms with Crippen LogP contribution in [0.25, 0.3) is 0 Å². The molecule has 0 bridgehead atoms. The first kappa shape index (κ1) is 18.1. The van der Waals surface area contributed by atoms with Gasteiger partial charge >= 0.3 is 8.56 Å². The molecule has 0 aliphatic carbocycles. The van der Waals surface area contributed by atoms with Gasteiger partial charge in [-0.25, -0.2) is 0 Å². The Morgan fingerprint density at radius 2 is 1.70 bits per heavy atom. The molecule has 0 aromatic carbocycles. The molecule has 1 saturated heterocycles. The second kappa shape index (κ2) is 8.49. The minimum absolute atomic E-state index is 0.209. The minimum Gasteiger partial charge on any atom is -0.394 e. The van der Waals surface area contributed by atoms with Crippen molar-refractivity contribution < 1.29 is 18.3 Å². The van der Waals surface area contributed by atoms with Crippen LogP contribution < -0.4 is 0 Å². The summed E-state index contributed by atoms with van der Waals surface area (Å²) in [6.45, 7) is 11.6. The first-order chi connectivity index (χ1) is 9.62. The number of hydrogen-bond acceptors (Lipinski definition) is 4. The molecule has 1 atom stereocenters. The van der Waals surface area contributed by atoms with E-state index in [0.717, 1.165) is 51.4 Å². The van der Waals surface area contributed by atoms with Crippen molar-refractivity contribution in [3.63, 3.8) is 0 Å². The predicted molar refractivity (Wildman–Crippen MR) is 83.3 cm³/mol. The Kier molecular flexibility index (Phi) is 7.68. The van der Waals surface area contributed by atoms with E-state index in [1.54, 1.807) is 0 Å². The second-order valence-corrected chi connectivity index (χ2v) is 9.21. The number of hydrogen-bond donors (Lipinski definition) is 0. The van der Waals surface area contributed by atoms with Gasteiger partial charge in [-0.15, -0.1) is 0 Å². The highest BCUT2D eigenvalue weighted by Crippen LogP contribution is 2.39. The summed E-state index contributed by atoms with van der Waals surface area (Å²) in [5.41, 5.74) is 0.209. The van der Waals surface area contributed by atoms with E-state index in [4.69, 9.17) is 18.3 Å².